The number of aromatic nitrogens is 2. The summed E-state index contributed by atoms with van der Waals surface area (Å²) >= 11 is 0. The Balaban J connectivity index is 1.68. The van der Waals surface area contributed by atoms with Crippen LogP contribution in [0.15, 0.2) is 54.6 Å². The first kappa shape index (κ1) is 21.8. The number of hydrogen-bond donors (Lipinski definition) is 0. The lowest BCUT2D eigenvalue weighted by molar-refractivity contribution is -0.137. The molecule has 2 aromatic carbocycles. The zero-order valence-corrected chi connectivity index (χ0v) is 17.9. The van der Waals surface area contributed by atoms with Crippen LogP contribution < -0.4 is 4.90 Å². The van der Waals surface area contributed by atoms with Crippen molar-refractivity contribution in [2.45, 2.75) is 26.1 Å². The zero-order chi connectivity index (χ0) is 22.9. The van der Waals surface area contributed by atoms with Gasteiger partial charge in [-0.25, -0.2) is 9.97 Å². The third kappa shape index (κ3) is 4.30. The largest absolute Gasteiger partial charge is 0.416 e. The van der Waals surface area contributed by atoms with Crippen molar-refractivity contribution in [3.05, 3.63) is 77.0 Å². The lowest BCUT2D eigenvalue weighted by Gasteiger charge is -2.32. The van der Waals surface area contributed by atoms with Crippen LogP contribution in [0, 0.1) is 0 Å². The van der Waals surface area contributed by atoms with Gasteiger partial charge >= 0.3 is 6.18 Å². The van der Waals surface area contributed by atoms with Crippen LogP contribution in [-0.4, -0.2) is 40.9 Å². The number of alkyl halides is 3. The van der Waals surface area contributed by atoms with E-state index in [9.17, 15) is 18.0 Å². The number of amides is 1. The number of anilines is 1. The zero-order valence-electron chi connectivity index (χ0n) is 17.9. The van der Waals surface area contributed by atoms with Crippen molar-refractivity contribution in [3.8, 4) is 11.4 Å². The highest BCUT2D eigenvalue weighted by atomic mass is 19.4. The van der Waals surface area contributed by atoms with Gasteiger partial charge < -0.3 is 9.80 Å². The van der Waals surface area contributed by atoms with E-state index in [0.29, 0.717) is 25.3 Å². The molecule has 0 N–H and O–H groups in total. The van der Waals surface area contributed by atoms with E-state index in [4.69, 9.17) is 9.97 Å². The van der Waals surface area contributed by atoms with Gasteiger partial charge in [0, 0.05) is 43.2 Å². The maximum atomic E-state index is 13.1. The number of rotatable bonds is 4. The average molecular weight is 440 g/mol. The van der Waals surface area contributed by atoms with Gasteiger partial charge in [0.15, 0.2) is 5.82 Å². The second-order valence-electron chi connectivity index (χ2n) is 7.73. The fraction of sp³-hybridized carbons (Fsp3) is 0.292. The van der Waals surface area contributed by atoms with Crippen LogP contribution in [-0.2, 0) is 19.1 Å². The molecule has 1 aliphatic heterocycles. The molecule has 0 atom stereocenters. The number of hydrogen-bond acceptors (Lipinski definition) is 4. The molecule has 5 nitrogen and oxygen atoms in total. The number of benzene rings is 2. The first-order valence-corrected chi connectivity index (χ1v) is 10.4. The Morgan fingerprint density at radius 3 is 2.53 bits per heavy atom. The maximum absolute atomic E-state index is 13.1. The summed E-state index contributed by atoms with van der Waals surface area (Å²) in [7, 11) is 1.92. The van der Waals surface area contributed by atoms with Gasteiger partial charge in [-0.3, -0.25) is 4.79 Å². The minimum atomic E-state index is -4.50. The fourth-order valence-corrected chi connectivity index (χ4v) is 3.76. The molecule has 0 unspecified atom stereocenters. The molecule has 0 spiro atoms. The number of halogens is 3. The number of carbonyl (C=O) groups excluding carboxylic acids is 1. The Morgan fingerprint density at radius 1 is 1.09 bits per heavy atom. The highest BCUT2D eigenvalue weighted by Gasteiger charge is 2.32. The summed E-state index contributed by atoms with van der Waals surface area (Å²) in [6, 6.07) is 14.2. The predicted octanol–water partition coefficient (Wildman–Crippen LogP) is 4.82. The molecule has 0 saturated heterocycles. The van der Waals surface area contributed by atoms with Crippen LogP contribution in [0.1, 0.15) is 34.1 Å². The lowest BCUT2D eigenvalue weighted by atomic mass is 10.0. The molecule has 0 bridgehead atoms. The summed E-state index contributed by atoms with van der Waals surface area (Å²) in [6.07, 6.45) is -3.99. The van der Waals surface area contributed by atoms with Gasteiger partial charge in [0.25, 0.3) is 5.91 Å². The Bertz CT molecular complexity index is 1130. The van der Waals surface area contributed by atoms with Gasteiger partial charge in [0.05, 0.1) is 17.8 Å². The van der Waals surface area contributed by atoms with Crippen molar-refractivity contribution < 1.29 is 18.0 Å². The van der Waals surface area contributed by atoms with E-state index >= 15 is 0 Å². The van der Waals surface area contributed by atoms with E-state index in [1.54, 1.807) is 4.90 Å². The van der Waals surface area contributed by atoms with Gasteiger partial charge in [0.2, 0.25) is 0 Å². The van der Waals surface area contributed by atoms with E-state index in [-0.39, 0.29) is 12.1 Å². The molecular formula is C24H23F3N4O. The van der Waals surface area contributed by atoms with Crippen molar-refractivity contribution in [1.82, 2.24) is 14.9 Å². The van der Waals surface area contributed by atoms with Crippen LogP contribution in [0.4, 0.5) is 19.0 Å². The summed E-state index contributed by atoms with van der Waals surface area (Å²) in [5.41, 5.74) is 1.80. The summed E-state index contributed by atoms with van der Waals surface area (Å²) in [4.78, 5) is 26.1. The number of nitrogens with zero attached hydrogens (tertiary/aromatic N) is 4. The highest BCUT2D eigenvalue weighted by Crippen LogP contribution is 2.32. The summed E-state index contributed by atoms with van der Waals surface area (Å²) in [5.74, 6) is 0.925. The highest BCUT2D eigenvalue weighted by molar-refractivity contribution is 5.94. The van der Waals surface area contributed by atoms with Gasteiger partial charge in [-0.2, -0.15) is 13.2 Å². The second-order valence-corrected chi connectivity index (χ2v) is 7.73. The van der Waals surface area contributed by atoms with E-state index in [2.05, 4.69) is 0 Å². The van der Waals surface area contributed by atoms with Crippen LogP contribution in [0.2, 0.25) is 0 Å². The Labute approximate surface area is 184 Å². The fourth-order valence-electron chi connectivity index (χ4n) is 3.76. The normalized spacial score (nSPS) is 13.6. The number of carbonyl (C=O) groups is 1. The molecule has 0 fully saturated rings. The Hall–Kier alpha value is -3.42. The van der Waals surface area contributed by atoms with Crippen LogP contribution in [0.25, 0.3) is 11.4 Å². The van der Waals surface area contributed by atoms with E-state index in [1.807, 2.05) is 49.2 Å². The summed E-state index contributed by atoms with van der Waals surface area (Å²) in [5, 5.41) is 0. The third-order valence-corrected chi connectivity index (χ3v) is 5.63. The minimum Gasteiger partial charge on any atom is -0.360 e. The van der Waals surface area contributed by atoms with Crippen molar-refractivity contribution >= 4 is 11.7 Å². The average Bonchev–Trinajstić information content (AvgIpc) is 2.82. The first-order chi connectivity index (χ1) is 15.3. The van der Waals surface area contributed by atoms with Gasteiger partial charge in [-0.1, -0.05) is 36.4 Å². The minimum absolute atomic E-state index is 0.0236. The second kappa shape index (κ2) is 8.61. The van der Waals surface area contributed by atoms with Gasteiger partial charge in [-0.05, 0) is 25.1 Å². The van der Waals surface area contributed by atoms with E-state index < -0.39 is 17.6 Å². The van der Waals surface area contributed by atoms with Crippen molar-refractivity contribution in [1.29, 1.82) is 0 Å². The van der Waals surface area contributed by atoms with E-state index in [0.717, 1.165) is 34.8 Å². The maximum Gasteiger partial charge on any atom is 0.416 e. The molecule has 0 aliphatic carbocycles. The predicted molar refractivity (Wildman–Crippen MR) is 116 cm³/mol. The van der Waals surface area contributed by atoms with Gasteiger partial charge in [0.1, 0.15) is 5.82 Å². The van der Waals surface area contributed by atoms with Crippen LogP contribution in [0.3, 0.4) is 0 Å². The molecule has 32 heavy (non-hydrogen) atoms. The molecule has 4 rings (SSSR count). The molecule has 166 valence electrons. The Kier molecular flexibility index (Phi) is 5.86. The van der Waals surface area contributed by atoms with Crippen molar-refractivity contribution in [2.75, 3.05) is 25.0 Å². The Morgan fingerprint density at radius 2 is 1.84 bits per heavy atom. The molecule has 0 radical (unpaired) electrons. The first-order valence-electron chi connectivity index (χ1n) is 10.4. The summed E-state index contributed by atoms with van der Waals surface area (Å²) in [6.45, 7) is 3.34. The molecular weight excluding hydrogens is 417 g/mol. The molecule has 1 amide bonds. The van der Waals surface area contributed by atoms with E-state index in [1.165, 1.54) is 12.1 Å². The third-order valence-electron chi connectivity index (χ3n) is 5.63. The molecule has 3 aromatic rings. The van der Waals surface area contributed by atoms with Crippen LogP contribution >= 0.6 is 0 Å². The molecule has 1 aliphatic rings. The molecule has 0 saturated carbocycles. The van der Waals surface area contributed by atoms with Crippen molar-refractivity contribution in [3.63, 3.8) is 0 Å². The standard InChI is InChI=1S/C24H23F3N4O/c1-3-30(2)22-19-15-31(23(32)17-10-7-11-18(14-17)24(25,26)27)13-12-20(19)28-21(29-22)16-8-5-4-6-9-16/h4-11,14H,3,12-13,15H2,1-2H3. The monoisotopic (exact) mass is 440 g/mol. The summed E-state index contributed by atoms with van der Waals surface area (Å²) < 4.78 is 39.2. The quantitative estimate of drug-likeness (QED) is 0.584. The topological polar surface area (TPSA) is 49.3 Å². The number of fused-ring (bicyclic) bond motifs is 1. The van der Waals surface area contributed by atoms with Gasteiger partial charge in [-0.15, -0.1) is 0 Å². The SMILES string of the molecule is CCN(C)c1nc(-c2ccccc2)nc2c1CN(C(=O)c1cccc(C(F)(F)F)c1)CC2. The van der Waals surface area contributed by atoms with Crippen molar-refractivity contribution in [2.24, 2.45) is 0 Å². The molecule has 1 aromatic heterocycles. The lowest BCUT2D eigenvalue weighted by Crippen LogP contribution is -2.38. The molecule has 8 heteroatoms. The smallest absolute Gasteiger partial charge is 0.360 e. The van der Waals surface area contributed by atoms with Crippen LogP contribution in [0.5, 0.6) is 0 Å². The molecule has 2 heterocycles.